The van der Waals surface area contributed by atoms with Gasteiger partial charge in [0.1, 0.15) is 17.1 Å². The predicted octanol–water partition coefficient (Wildman–Crippen LogP) is 1.95. The van der Waals surface area contributed by atoms with Crippen LogP contribution in [0.5, 0.6) is 11.5 Å². The van der Waals surface area contributed by atoms with Crippen LogP contribution in [0.2, 0.25) is 0 Å². The largest absolute Gasteiger partial charge is 0.508 e. The van der Waals surface area contributed by atoms with Gasteiger partial charge in [0.05, 0.1) is 0 Å². The third-order valence-electron chi connectivity index (χ3n) is 2.08. The fourth-order valence-electron chi connectivity index (χ4n) is 1.37. The smallest absolute Gasteiger partial charge is 0.120 e. The second kappa shape index (κ2) is 6.10. The fourth-order valence-corrected chi connectivity index (χ4v) is 1.37. The first kappa shape index (κ1) is 16.0. The molecule has 1 atom stereocenters. The van der Waals surface area contributed by atoms with Gasteiger partial charge in [0.15, 0.2) is 0 Å². The standard InChI is InChI=1S/C12H20N2O2.ClH/c1-12(2,3)16-8-4-5-11(15)9(6-8)10(14)7-13;/h4-6,10,15H,7,13-14H2,1-3H3;1H/t10-;/m0./s1. The van der Waals surface area contributed by atoms with Gasteiger partial charge in [0.25, 0.3) is 0 Å². The van der Waals surface area contributed by atoms with Gasteiger partial charge in [-0.05, 0) is 39.0 Å². The van der Waals surface area contributed by atoms with E-state index in [9.17, 15) is 5.11 Å². The van der Waals surface area contributed by atoms with Crippen LogP contribution in [-0.4, -0.2) is 17.3 Å². The second-order valence-corrected chi connectivity index (χ2v) is 4.78. The van der Waals surface area contributed by atoms with Crippen molar-refractivity contribution < 1.29 is 9.84 Å². The Morgan fingerprint density at radius 1 is 1.35 bits per heavy atom. The van der Waals surface area contributed by atoms with Crippen molar-refractivity contribution in [3.63, 3.8) is 0 Å². The molecular formula is C12H21ClN2O2. The Bertz CT molecular complexity index is 364. The van der Waals surface area contributed by atoms with Crippen LogP contribution < -0.4 is 16.2 Å². The highest BCUT2D eigenvalue weighted by molar-refractivity contribution is 5.85. The average Bonchev–Trinajstić information content (AvgIpc) is 2.18. The normalized spacial score (nSPS) is 12.8. The lowest BCUT2D eigenvalue weighted by Crippen LogP contribution is -2.24. The van der Waals surface area contributed by atoms with E-state index in [-0.39, 0.29) is 36.3 Å². The molecule has 0 amide bonds. The Hall–Kier alpha value is -0.970. The van der Waals surface area contributed by atoms with E-state index < -0.39 is 0 Å². The minimum absolute atomic E-state index is 0. The molecule has 17 heavy (non-hydrogen) atoms. The zero-order valence-electron chi connectivity index (χ0n) is 10.4. The lowest BCUT2D eigenvalue weighted by atomic mass is 10.1. The quantitative estimate of drug-likeness (QED) is 0.776. The molecule has 0 radical (unpaired) electrons. The van der Waals surface area contributed by atoms with Crippen LogP contribution in [0.15, 0.2) is 18.2 Å². The molecule has 0 fully saturated rings. The molecule has 0 bridgehead atoms. The van der Waals surface area contributed by atoms with Gasteiger partial charge < -0.3 is 21.3 Å². The van der Waals surface area contributed by atoms with E-state index in [0.29, 0.717) is 11.3 Å². The van der Waals surface area contributed by atoms with E-state index in [1.165, 1.54) is 0 Å². The molecule has 1 rings (SSSR count). The summed E-state index contributed by atoms with van der Waals surface area (Å²) in [5, 5.41) is 9.64. The maximum Gasteiger partial charge on any atom is 0.120 e. The van der Waals surface area contributed by atoms with Crippen LogP contribution in [0, 0.1) is 0 Å². The lowest BCUT2D eigenvalue weighted by Gasteiger charge is -2.22. The van der Waals surface area contributed by atoms with E-state index in [0.717, 1.165) is 0 Å². The third-order valence-corrected chi connectivity index (χ3v) is 2.08. The van der Waals surface area contributed by atoms with Gasteiger partial charge >= 0.3 is 0 Å². The van der Waals surface area contributed by atoms with Crippen molar-refractivity contribution in [3.8, 4) is 11.5 Å². The number of phenolic OH excluding ortho intramolecular Hbond substituents is 1. The minimum Gasteiger partial charge on any atom is -0.508 e. The summed E-state index contributed by atoms with van der Waals surface area (Å²) in [6.45, 7) is 6.17. The van der Waals surface area contributed by atoms with E-state index >= 15 is 0 Å². The molecular weight excluding hydrogens is 240 g/mol. The van der Waals surface area contributed by atoms with Crippen LogP contribution in [0.3, 0.4) is 0 Å². The van der Waals surface area contributed by atoms with Crippen molar-refractivity contribution in [1.29, 1.82) is 0 Å². The molecule has 0 aliphatic heterocycles. The molecule has 98 valence electrons. The molecule has 0 unspecified atom stereocenters. The van der Waals surface area contributed by atoms with Crippen molar-refractivity contribution in [3.05, 3.63) is 23.8 Å². The Kier molecular flexibility index (Phi) is 5.75. The van der Waals surface area contributed by atoms with Crippen LogP contribution in [0.4, 0.5) is 0 Å². The number of benzene rings is 1. The molecule has 1 aromatic rings. The van der Waals surface area contributed by atoms with Crippen LogP contribution in [0.25, 0.3) is 0 Å². The molecule has 5 N–H and O–H groups in total. The summed E-state index contributed by atoms with van der Waals surface area (Å²) in [6.07, 6.45) is 0. The van der Waals surface area contributed by atoms with Crippen molar-refractivity contribution in [2.45, 2.75) is 32.4 Å². The van der Waals surface area contributed by atoms with Crippen molar-refractivity contribution >= 4 is 12.4 Å². The molecule has 0 aliphatic carbocycles. The van der Waals surface area contributed by atoms with Gasteiger partial charge in [-0.25, -0.2) is 0 Å². The zero-order chi connectivity index (χ0) is 12.3. The summed E-state index contributed by atoms with van der Waals surface area (Å²) >= 11 is 0. The van der Waals surface area contributed by atoms with Crippen molar-refractivity contribution in [2.24, 2.45) is 11.5 Å². The predicted molar refractivity (Wildman–Crippen MR) is 71.7 cm³/mol. The van der Waals surface area contributed by atoms with Crippen molar-refractivity contribution in [2.75, 3.05) is 6.54 Å². The van der Waals surface area contributed by atoms with Gasteiger partial charge in [0.2, 0.25) is 0 Å². The molecule has 0 saturated carbocycles. The zero-order valence-corrected chi connectivity index (χ0v) is 11.3. The highest BCUT2D eigenvalue weighted by Gasteiger charge is 2.15. The first-order chi connectivity index (χ1) is 7.33. The van der Waals surface area contributed by atoms with Gasteiger partial charge in [-0.2, -0.15) is 0 Å². The Morgan fingerprint density at radius 3 is 2.41 bits per heavy atom. The van der Waals surface area contributed by atoms with E-state index in [4.69, 9.17) is 16.2 Å². The maximum atomic E-state index is 9.64. The number of hydrogen-bond acceptors (Lipinski definition) is 4. The summed E-state index contributed by atoms with van der Waals surface area (Å²) in [4.78, 5) is 0. The summed E-state index contributed by atoms with van der Waals surface area (Å²) < 4.78 is 5.68. The Labute approximate surface area is 108 Å². The molecule has 1 aromatic carbocycles. The fraction of sp³-hybridized carbons (Fsp3) is 0.500. The number of phenols is 1. The summed E-state index contributed by atoms with van der Waals surface area (Å²) in [7, 11) is 0. The first-order valence-electron chi connectivity index (χ1n) is 5.31. The van der Waals surface area contributed by atoms with E-state index in [1.54, 1.807) is 18.2 Å². The van der Waals surface area contributed by atoms with Gasteiger partial charge in [-0.15, -0.1) is 12.4 Å². The number of rotatable bonds is 3. The highest BCUT2D eigenvalue weighted by atomic mass is 35.5. The molecule has 4 nitrogen and oxygen atoms in total. The number of hydrogen-bond donors (Lipinski definition) is 3. The van der Waals surface area contributed by atoms with E-state index in [2.05, 4.69) is 0 Å². The lowest BCUT2D eigenvalue weighted by molar-refractivity contribution is 0.130. The third kappa shape index (κ3) is 4.81. The number of aromatic hydroxyl groups is 1. The molecule has 0 saturated heterocycles. The van der Waals surface area contributed by atoms with Crippen molar-refractivity contribution in [1.82, 2.24) is 0 Å². The Morgan fingerprint density at radius 2 is 1.94 bits per heavy atom. The SMILES string of the molecule is CC(C)(C)Oc1ccc(O)c([C@@H](N)CN)c1.Cl. The minimum atomic E-state index is -0.372. The number of ether oxygens (including phenoxy) is 1. The van der Waals surface area contributed by atoms with Crippen LogP contribution in [-0.2, 0) is 0 Å². The second-order valence-electron chi connectivity index (χ2n) is 4.78. The Balaban J connectivity index is 0.00000256. The average molecular weight is 261 g/mol. The first-order valence-corrected chi connectivity index (χ1v) is 5.31. The number of halogens is 1. The van der Waals surface area contributed by atoms with Crippen LogP contribution in [0.1, 0.15) is 32.4 Å². The maximum absolute atomic E-state index is 9.64. The van der Waals surface area contributed by atoms with E-state index in [1.807, 2.05) is 20.8 Å². The molecule has 0 heterocycles. The van der Waals surface area contributed by atoms with Gasteiger partial charge in [-0.1, -0.05) is 0 Å². The van der Waals surface area contributed by atoms with Gasteiger partial charge in [0, 0.05) is 18.2 Å². The molecule has 0 aromatic heterocycles. The molecule has 5 heteroatoms. The highest BCUT2D eigenvalue weighted by Crippen LogP contribution is 2.28. The summed E-state index contributed by atoms with van der Waals surface area (Å²) in [6, 6.07) is 4.65. The molecule has 0 spiro atoms. The van der Waals surface area contributed by atoms with Gasteiger partial charge in [-0.3, -0.25) is 0 Å². The number of nitrogens with two attached hydrogens (primary N) is 2. The summed E-state index contributed by atoms with van der Waals surface area (Å²) in [5.74, 6) is 0.836. The summed E-state index contributed by atoms with van der Waals surface area (Å²) in [5.41, 5.74) is 11.6. The molecule has 0 aliphatic rings. The topological polar surface area (TPSA) is 81.5 Å². The van der Waals surface area contributed by atoms with Crippen LogP contribution >= 0.6 is 12.4 Å². The monoisotopic (exact) mass is 260 g/mol.